The lowest BCUT2D eigenvalue weighted by atomic mass is 10.1. The Labute approximate surface area is 144 Å². The lowest BCUT2D eigenvalue weighted by Crippen LogP contribution is -2.26. The van der Waals surface area contributed by atoms with Gasteiger partial charge in [-0.25, -0.2) is 4.98 Å². The highest BCUT2D eigenvalue weighted by Gasteiger charge is 2.11. The maximum absolute atomic E-state index is 12.0. The van der Waals surface area contributed by atoms with Crippen molar-refractivity contribution < 1.29 is 9.59 Å². The number of aromatic nitrogens is 2. The number of para-hydroxylation sites is 1. The molecule has 1 amide bonds. The summed E-state index contributed by atoms with van der Waals surface area (Å²) in [7, 11) is 0. The Balaban J connectivity index is 1.71. The van der Waals surface area contributed by atoms with Gasteiger partial charge in [0, 0.05) is 31.2 Å². The fourth-order valence-corrected chi connectivity index (χ4v) is 2.73. The van der Waals surface area contributed by atoms with Gasteiger partial charge in [0.05, 0.1) is 10.5 Å². The second-order valence-corrected chi connectivity index (χ2v) is 5.86. The lowest BCUT2D eigenvalue weighted by Gasteiger charge is -2.04. The van der Waals surface area contributed by atoms with E-state index in [2.05, 4.69) is 10.3 Å². The van der Waals surface area contributed by atoms with E-state index in [9.17, 15) is 9.59 Å². The quantitative estimate of drug-likeness (QED) is 0.791. The van der Waals surface area contributed by atoms with E-state index in [0.717, 1.165) is 16.5 Å². The predicted octanol–water partition coefficient (Wildman–Crippen LogP) is 3.32. The lowest BCUT2D eigenvalue weighted by molar-refractivity contribution is 0.0935. The number of pyridine rings is 1. The molecule has 0 saturated carbocycles. The van der Waals surface area contributed by atoms with E-state index >= 15 is 0 Å². The number of halogens is 1. The number of hydrogen-bond donors (Lipinski definition) is 1. The van der Waals surface area contributed by atoms with E-state index in [0.29, 0.717) is 23.7 Å². The van der Waals surface area contributed by atoms with Crippen LogP contribution in [0, 0.1) is 0 Å². The largest absolute Gasteiger partial charge is 0.350 e. The van der Waals surface area contributed by atoms with Crippen molar-refractivity contribution in [1.29, 1.82) is 0 Å². The average Bonchev–Trinajstić information content (AvgIpc) is 2.95. The molecule has 0 spiro atoms. The molecule has 0 radical (unpaired) electrons. The summed E-state index contributed by atoms with van der Waals surface area (Å²) in [5.41, 5.74) is 2.22. The third-order valence-electron chi connectivity index (χ3n) is 3.77. The summed E-state index contributed by atoms with van der Waals surface area (Å²) >= 11 is 5.76. The highest BCUT2D eigenvalue weighted by molar-refractivity contribution is 6.30. The van der Waals surface area contributed by atoms with E-state index in [4.69, 9.17) is 11.6 Å². The molecule has 0 fully saturated rings. The molecule has 0 saturated heterocycles. The average molecular weight is 342 g/mol. The van der Waals surface area contributed by atoms with E-state index < -0.39 is 0 Å². The molecule has 0 atom stereocenters. The number of nitrogens with one attached hydrogen (secondary N) is 1. The zero-order valence-corrected chi connectivity index (χ0v) is 13.9. The molecule has 1 N–H and O–H groups in total. The van der Waals surface area contributed by atoms with Crippen LogP contribution < -0.4 is 5.32 Å². The minimum atomic E-state index is -0.248. The molecule has 0 aliphatic rings. The Morgan fingerprint density at radius 1 is 1.21 bits per heavy atom. The summed E-state index contributed by atoms with van der Waals surface area (Å²) in [6, 6.07) is 10.9. The first-order valence-electron chi connectivity index (χ1n) is 7.56. The van der Waals surface area contributed by atoms with Crippen molar-refractivity contribution >= 4 is 34.3 Å². The van der Waals surface area contributed by atoms with Crippen LogP contribution in [0.1, 0.15) is 27.8 Å². The van der Waals surface area contributed by atoms with Gasteiger partial charge in [-0.1, -0.05) is 29.8 Å². The highest BCUT2D eigenvalue weighted by atomic mass is 35.5. The molecule has 3 aromatic rings. The third kappa shape index (κ3) is 3.31. The smallest absolute Gasteiger partial charge is 0.269 e. The number of carbonyl (C=O) groups excluding carboxylic acids is 2. The van der Waals surface area contributed by atoms with Crippen LogP contribution in [-0.2, 0) is 6.42 Å². The normalized spacial score (nSPS) is 10.8. The first kappa shape index (κ1) is 16.2. The number of benzene rings is 1. The molecule has 0 bridgehead atoms. The van der Waals surface area contributed by atoms with Crippen molar-refractivity contribution in [1.82, 2.24) is 14.9 Å². The minimum absolute atomic E-state index is 0.0353. The fraction of sp³-hybridized carbons (Fsp3) is 0.167. The van der Waals surface area contributed by atoms with Gasteiger partial charge >= 0.3 is 0 Å². The van der Waals surface area contributed by atoms with Crippen LogP contribution in [0.15, 0.2) is 48.8 Å². The van der Waals surface area contributed by atoms with Crippen molar-refractivity contribution in [3.05, 3.63) is 65.1 Å². The van der Waals surface area contributed by atoms with Crippen molar-refractivity contribution in [3.8, 4) is 0 Å². The second kappa shape index (κ2) is 6.84. The van der Waals surface area contributed by atoms with Gasteiger partial charge in [-0.2, -0.15) is 0 Å². The summed E-state index contributed by atoms with van der Waals surface area (Å²) in [6.07, 6.45) is 3.90. The SMILES string of the molecule is CC(=O)n1cc(CCNC(=O)c2ccc(Cl)cn2)c2ccccc21. The van der Waals surface area contributed by atoms with Crippen LogP contribution >= 0.6 is 11.6 Å². The zero-order chi connectivity index (χ0) is 17.1. The Bertz CT molecular complexity index is 900. The first-order valence-corrected chi connectivity index (χ1v) is 7.93. The van der Waals surface area contributed by atoms with Gasteiger partial charge in [-0.15, -0.1) is 0 Å². The number of carbonyl (C=O) groups is 2. The molecule has 5 nitrogen and oxygen atoms in total. The van der Waals surface area contributed by atoms with Gasteiger partial charge in [-0.05, 0) is 30.2 Å². The molecule has 24 heavy (non-hydrogen) atoms. The van der Waals surface area contributed by atoms with Crippen LogP contribution in [0.3, 0.4) is 0 Å². The van der Waals surface area contributed by atoms with Crippen LogP contribution in [0.4, 0.5) is 0 Å². The van der Waals surface area contributed by atoms with E-state index in [-0.39, 0.29) is 11.8 Å². The highest BCUT2D eigenvalue weighted by Crippen LogP contribution is 2.21. The molecule has 2 aromatic heterocycles. The Kier molecular flexibility index (Phi) is 4.62. The summed E-state index contributed by atoms with van der Waals surface area (Å²) in [5, 5.41) is 4.34. The van der Waals surface area contributed by atoms with Crippen molar-refractivity contribution in [2.24, 2.45) is 0 Å². The first-order chi connectivity index (χ1) is 11.6. The predicted molar refractivity (Wildman–Crippen MR) is 93.5 cm³/mol. The van der Waals surface area contributed by atoms with E-state index in [1.807, 2.05) is 30.5 Å². The monoisotopic (exact) mass is 341 g/mol. The number of fused-ring (bicyclic) bond motifs is 1. The Morgan fingerprint density at radius 2 is 2.00 bits per heavy atom. The topological polar surface area (TPSA) is 64.0 Å². The molecule has 2 heterocycles. The summed E-state index contributed by atoms with van der Waals surface area (Å²) in [4.78, 5) is 27.8. The number of hydrogen-bond acceptors (Lipinski definition) is 3. The summed E-state index contributed by atoms with van der Waals surface area (Å²) < 4.78 is 1.63. The third-order valence-corrected chi connectivity index (χ3v) is 4.00. The van der Waals surface area contributed by atoms with Crippen molar-refractivity contribution in [2.75, 3.05) is 6.54 Å². The molecule has 0 aliphatic heterocycles. The number of amides is 1. The second-order valence-electron chi connectivity index (χ2n) is 5.43. The van der Waals surface area contributed by atoms with Gasteiger partial charge in [-0.3, -0.25) is 14.2 Å². The molecular weight excluding hydrogens is 326 g/mol. The molecule has 122 valence electrons. The Morgan fingerprint density at radius 3 is 2.71 bits per heavy atom. The maximum atomic E-state index is 12.0. The minimum Gasteiger partial charge on any atom is -0.350 e. The van der Waals surface area contributed by atoms with E-state index in [1.54, 1.807) is 16.7 Å². The van der Waals surface area contributed by atoms with Gasteiger partial charge in [0.25, 0.3) is 5.91 Å². The maximum Gasteiger partial charge on any atom is 0.269 e. The zero-order valence-electron chi connectivity index (χ0n) is 13.1. The van der Waals surface area contributed by atoms with Gasteiger partial charge in [0.1, 0.15) is 5.69 Å². The van der Waals surface area contributed by atoms with Crippen LogP contribution in [0.25, 0.3) is 10.9 Å². The molecule has 0 unspecified atom stereocenters. The van der Waals surface area contributed by atoms with Crippen LogP contribution in [0.2, 0.25) is 5.02 Å². The van der Waals surface area contributed by atoms with Gasteiger partial charge in [0.2, 0.25) is 5.91 Å². The number of nitrogens with zero attached hydrogens (tertiary/aromatic N) is 2. The Hall–Kier alpha value is -2.66. The summed E-state index contributed by atoms with van der Waals surface area (Å²) in [5.74, 6) is -0.283. The molecule has 3 rings (SSSR count). The molecule has 1 aromatic carbocycles. The van der Waals surface area contributed by atoms with Gasteiger partial charge < -0.3 is 5.32 Å². The molecular formula is C18H16ClN3O2. The number of rotatable bonds is 4. The van der Waals surface area contributed by atoms with Crippen molar-refractivity contribution in [2.45, 2.75) is 13.3 Å². The standard InChI is InChI=1S/C18H16ClN3O2/c1-12(23)22-11-13(15-4-2-3-5-17(15)22)8-9-20-18(24)16-7-6-14(19)10-21-16/h2-7,10-11H,8-9H2,1H3,(H,20,24). The molecule has 0 aliphatic carbocycles. The van der Waals surface area contributed by atoms with Crippen LogP contribution in [-0.4, -0.2) is 27.9 Å². The van der Waals surface area contributed by atoms with Crippen molar-refractivity contribution in [3.63, 3.8) is 0 Å². The van der Waals surface area contributed by atoms with Crippen LogP contribution in [0.5, 0.6) is 0 Å². The fourth-order valence-electron chi connectivity index (χ4n) is 2.62. The van der Waals surface area contributed by atoms with Gasteiger partial charge in [0.15, 0.2) is 0 Å². The molecule has 6 heteroatoms. The van der Waals surface area contributed by atoms with E-state index in [1.165, 1.54) is 13.1 Å². The summed E-state index contributed by atoms with van der Waals surface area (Å²) in [6.45, 7) is 1.99.